The third-order valence-electron chi connectivity index (χ3n) is 4.85. The third kappa shape index (κ3) is 30.2. The van der Waals surface area contributed by atoms with E-state index in [1.165, 1.54) is 38.5 Å². The van der Waals surface area contributed by atoms with Gasteiger partial charge in [-0.15, -0.1) is 0 Å². The Bertz CT molecular complexity index is 321. The van der Waals surface area contributed by atoms with Gasteiger partial charge in [-0.1, -0.05) is 144 Å². The van der Waals surface area contributed by atoms with Crippen molar-refractivity contribution in [3.63, 3.8) is 0 Å². The molecule has 0 rings (SSSR count). The summed E-state index contributed by atoms with van der Waals surface area (Å²) in [6.45, 7) is 31.4. The highest BCUT2D eigenvalue weighted by Crippen LogP contribution is 2.24. The number of hydrogen-bond acceptors (Lipinski definition) is 0. The summed E-state index contributed by atoms with van der Waals surface area (Å²) < 4.78 is 0. The molecule has 164 valence electrons. The van der Waals surface area contributed by atoms with Crippen molar-refractivity contribution in [2.45, 2.75) is 121 Å². The molecule has 0 N–H and O–H groups in total. The monoisotopic (exact) mass is 380 g/mol. The van der Waals surface area contributed by atoms with Gasteiger partial charge in [-0.3, -0.25) is 0 Å². The van der Waals surface area contributed by atoms with Gasteiger partial charge in [0.05, 0.1) is 0 Å². The summed E-state index contributed by atoms with van der Waals surface area (Å²) in [5.41, 5.74) is 2.22. The van der Waals surface area contributed by atoms with Gasteiger partial charge >= 0.3 is 0 Å². The largest absolute Gasteiger partial charge is 0.0961 e. The summed E-state index contributed by atoms with van der Waals surface area (Å²) >= 11 is 0. The minimum absolute atomic E-state index is 0.926. The fourth-order valence-electron chi connectivity index (χ4n) is 2.22. The fourth-order valence-corrected chi connectivity index (χ4v) is 2.22. The molecule has 0 bridgehead atoms. The number of unbranched alkanes of at least 4 members (excludes halogenated alkanes) is 1. The molecular weight excluding hydrogens is 324 g/mol. The van der Waals surface area contributed by atoms with E-state index in [-0.39, 0.29) is 0 Å². The molecule has 0 radical (unpaired) electrons. The molecule has 0 aromatic heterocycles. The van der Waals surface area contributed by atoms with Gasteiger partial charge in [0.25, 0.3) is 0 Å². The molecule has 3 unspecified atom stereocenters. The van der Waals surface area contributed by atoms with Gasteiger partial charge in [-0.25, -0.2) is 0 Å². The SMILES string of the molecule is C=C(C)/C=C\C(=C)CC.CC.CC.CCCCC(C)C(C)CCC(C)CC. The van der Waals surface area contributed by atoms with Gasteiger partial charge in [0.1, 0.15) is 0 Å². The predicted molar refractivity (Wildman–Crippen MR) is 133 cm³/mol. The Kier molecular flexibility index (Phi) is 34.3. The molecule has 0 fully saturated rings. The summed E-state index contributed by atoms with van der Waals surface area (Å²) in [5.74, 6) is 2.78. The quantitative estimate of drug-likeness (QED) is 0.313. The number of allylic oxidation sites excluding steroid dienone is 4. The molecule has 0 amide bonds. The molecule has 27 heavy (non-hydrogen) atoms. The Morgan fingerprint density at radius 3 is 1.63 bits per heavy atom. The first-order valence-corrected chi connectivity index (χ1v) is 11.8. The normalized spacial score (nSPS) is 13.0. The summed E-state index contributed by atoms with van der Waals surface area (Å²) in [6.07, 6.45) is 13.4. The molecule has 0 aliphatic carbocycles. The van der Waals surface area contributed by atoms with E-state index in [4.69, 9.17) is 0 Å². The molecule has 0 aliphatic heterocycles. The molecule has 0 saturated carbocycles. The number of rotatable bonds is 11. The van der Waals surface area contributed by atoms with E-state index in [0.29, 0.717) is 0 Å². The maximum Gasteiger partial charge on any atom is -0.0313 e. The van der Waals surface area contributed by atoms with Crippen molar-refractivity contribution in [2.24, 2.45) is 17.8 Å². The average molecular weight is 381 g/mol. The Morgan fingerprint density at radius 1 is 0.778 bits per heavy atom. The van der Waals surface area contributed by atoms with Crippen LogP contribution in [0.4, 0.5) is 0 Å². The summed E-state index contributed by atoms with van der Waals surface area (Å²) in [4.78, 5) is 0. The second-order valence-electron chi connectivity index (χ2n) is 7.38. The Balaban J connectivity index is -0.000000175. The lowest BCUT2D eigenvalue weighted by molar-refractivity contribution is 0.308. The van der Waals surface area contributed by atoms with Crippen LogP contribution in [0.25, 0.3) is 0 Å². The molecule has 0 saturated heterocycles. The van der Waals surface area contributed by atoms with E-state index in [0.717, 1.165) is 35.3 Å². The first-order chi connectivity index (χ1) is 12.8. The minimum Gasteiger partial charge on any atom is -0.0961 e. The van der Waals surface area contributed by atoms with Crippen molar-refractivity contribution in [1.82, 2.24) is 0 Å². The van der Waals surface area contributed by atoms with E-state index in [2.05, 4.69) is 54.7 Å². The summed E-state index contributed by atoms with van der Waals surface area (Å²) in [5, 5.41) is 0. The first kappa shape index (κ1) is 33.8. The standard InChI is InChI=1S/C14H30.C9H14.2C2H6/c1-6-8-9-13(4)14(5)11-10-12(3)7-2;1-5-9(4)7-6-8(2)3;2*1-2/h12-14H,6-11H2,1-5H3;6-7H,2,4-5H2,1,3H3;2*1-2H3/b;7-6-;;. The van der Waals surface area contributed by atoms with Crippen molar-refractivity contribution in [1.29, 1.82) is 0 Å². The Morgan fingerprint density at radius 2 is 1.26 bits per heavy atom. The predicted octanol–water partition coefficient (Wildman–Crippen LogP) is 10.4. The molecule has 0 aliphatic rings. The summed E-state index contributed by atoms with van der Waals surface area (Å²) in [7, 11) is 0. The van der Waals surface area contributed by atoms with Crippen molar-refractivity contribution in [3.05, 3.63) is 36.5 Å². The van der Waals surface area contributed by atoms with Gasteiger partial charge in [-0.05, 0) is 31.1 Å². The molecule has 0 aromatic rings. The van der Waals surface area contributed by atoms with Crippen molar-refractivity contribution in [2.75, 3.05) is 0 Å². The Labute approximate surface area is 175 Å². The number of hydrogen-bond donors (Lipinski definition) is 0. The van der Waals surface area contributed by atoms with Gasteiger partial charge in [-0.2, -0.15) is 0 Å². The van der Waals surface area contributed by atoms with Crippen LogP contribution in [0, 0.1) is 17.8 Å². The van der Waals surface area contributed by atoms with Gasteiger partial charge in [0.2, 0.25) is 0 Å². The van der Waals surface area contributed by atoms with E-state index in [1.54, 1.807) is 0 Å². The lowest BCUT2D eigenvalue weighted by Crippen LogP contribution is -2.09. The third-order valence-corrected chi connectivity index (χ3v) is 4.85. The van der Waals surface area contributed by atoms with Gasteiger partial charge in [0.15, 0.2) is 0 Å². The molecule has 0 spiro atoms. The maximum atomic E-state index is 3.82. The molecular formula is C27H56. The van der Waals surface area contributed by atoms with E-state index in [9.17, 15) is 0 Å². The van der Waals surface area contributed by atoms with Crippen LogP contribution in [0.3, 0.4) is 0 Å². The zero-order valence-electron chi connectivity index (χ0n) is 21.3. The molecule has 0 nitrogen and oxygen atoms in total. The van der Waals surface area contributed by atoms with Gasteiger partial charge in [0, 0.05) is 0 Å². The van der Waals surface area contributed by atoms with Crippen LogP contribution in [0.2, 0.25) is 0 Å². The molecule has 3 atom stereocenters. The molecule has 0 heterocycles. The lowest BCUT2D eigenvalue weighted by Gasteiger charge is -2.21. The highest BCUT2D eigenvalue weighted by atomic mass is 14.2. The fraction of sp³-hybridized carbons (Fsp3) is 0.778. The van der Waals surface area contributed by atoms with Crippen molar-refractivity contribution < 1.29 is 0 Å². The zero-order chi connectivity index (χ0) is 22.3. The van der Waals surface area contributed by atoms with Crippen LogP contribution >= 0.6 is 0 Å². The smallest absolute Gasteiger partial charge is 0.0313 e. The second kappa shape index (κ2) is 27.4. The van der Waals surface area contributed by atoms with Crippen LogP contribution in [-0.4, -0.2) is 0 Å². The van der Waals surface area contributed by atoms with Crippen LogP contribution in [0.1, 0.15) is 121 Å². The van der Waals surface area contributed by atoms with Crippen LogP contribution in [0.15, 0.2) is 36.5 Å². The average Bonchev–Trinajstić information content (AvgIpc) is 2.71. The van der Waals surface area contributed by atoms with Gasteiger partial charge < -0.3 is 0 Å². The van der Waals surface area contributed by atoms with Crippen molar-refractivity contribution >= 4 is 0 Å². The van der Waals surface area contributed by atoms with E-state index < -0.39 is 0 Å². The van der Waals surface area contributed by atoms with Crippen LogP contribution in [-0.2, 0) is 0 Å². The Hall–Kier alpha value is -0.780. The highest BCUT2D eigenvalue weighted by molar-refractivity contribution is 5.22. The highest BCUT2D eigenvalue weighted by Gasteiger charge is 2.12. The first-order valence-electron chi connectivity index (χ1n) is 11.8. The minimum atomic E-state index is 0.926. The van der Waals surface area contributed by atoms with E-state index >= 15 is 0 Å². The van der Waals surface area contributed by atoms with Crippen LogP contribution < -0.4 is 0 Å². The van der Waals surface area contributed by atoms with Crippen LogP contribution in [0.5, 0.6) is 0 Å². The summed E-state index contributed by atoms with van der Waals surface area (Å²) in [6, 6.07) is 0. The molecule has 0 aromatic carbocycles. The molecule has 0 heteroatoms. The van der Waals surface area contributed by atoms with Crippen molar-refractivity contribution in [3.8, 4) is 0 Å². The lowest BCUT2D eigenvalue weighted by atomic mass is 9.85. The second-order valence-corrected chi connectivity index (χ2v) is 7.38. The topological polar surface area (TPSA) is 0 Å². The van der Waals surface area contributed by atoms with E-state index in [1.807, 2.05) is 46.8 Å². The zero-order valence-corrected chi connectivity index (χ0v) is 21.3. The maximum absolute atomic E-state index is 3.82.